The summed E-state index contributed by atoms with van der Waals surface area (Å²) in [6.45, 7) is 0. The number of nitrogens with zero attached hydrogens (tertiary/aromatic N) is 2. The van der Waals surface area contributed by atoms with E-state index in [0.717, 1.165) is 37.2 Å². The van der Waals surface area contributed by atoms with Crippen LogP contribution in [-0.2, 0) is 14.3 Å². The van der Waals surface area contributed by atoms with Gasteiger partial charge in [-0.25, -0.2) is 4.79 Å². The Balaban J connectivity index is 2.19. The van der Waals surface area contributed by atoms with E-state index in [1.165, 1.54) is 12.1 Å². The minimum atomic E-state index is -4.86. The fourth-order valence-corrected chi connectivity index (χ4v) is 2.83. The molecule has 26 heavy (non-hydrogen) atoms. The number of ether oxygens (including phenoxy) is 2. The second kappa shape index (κ2) is 8.36. The van der Waals surface area contributed by atoms with Gasteiger partial charge in [0.2, 0.25) is 0 Å². The molecule has 1 fully saturated rings. The zero-order valence-corrected chi connectivity index (χ0v) is 15.2. The van der Waals surface area contributed by atoms with Gasteiger partial charge in [-0.05, 0) is 39.8 Å². The van der Waals surface area contributed by atoms with Gasteiger partial charge in [0.25, 0.3) is 5.91 Å². The maximum Gasteiger partial charge on any atom is 0.573 e. The van der Waals surface area contributed by atoms with E-state index in [1.807, 2.05) is 0 Å². The molecule has 1 N–H and O–H groups in total. The molecule has 1 heterocycles. The maximum absolute atomic E-state index is 12.4. The Kier molecular flexibility index (Phi) is 6.42. The quantitative estimate of drug-likeness (QED) is 0.329. The third-order valence-electron chi connectivity index (χ3n) is 2.68. The van der Waals surface area contributed by atoms with Crippen LogP contribution in [0.1, 0.15) is 5.56 Å². The van der Waals surface area contributed by atoms with Gasteiger partial charge in [0.15, 0.2) is 5.17 Å². The number of esters is 1. The number of amides is 1. The van der Waals surface area contributed by atoms with Gasteiger partial charge in [0.05, 0.1) is 23.8 Å². The third-order valence-corrected chi connectivity index (χ3v) is 4.27. The van der Waals surface area contributed by atoms with E-state index in [0.29, 0.717) is 4.47 Å². The van der Waals surface area contributed by atoms with Crippen LogP contribution in [0.15, 0.2) is 43.9 Å². The summed E-state index contributed by atoms with van der Waals surface area (Å²) in [4.78, 5) is 22.8. The maximum atomic E-state index is 12.4. The van der Waals surface area contributed by atoms with Crippen LogP contribution in [0.4, 0.5) is 13.2 Å². The zero-order chi connectivity index (χ0) is 19.3. The Bertz CT molecular complexity index is 824. The summed E-state index contributed by atoms with van der Waals surface area (Å²) in [6, 6.07) is 3.99. The molecule has 0 radical (unpaired) electrons. The molecule has 0 unspecified atom stereocenters. The number of halogens is 4. The molecule has 12 heteroatoms. The van der Waals surface area contributed by atoms with Gasteiger partial charge in [-0.2, -0.15) is 5.10 Å². The van der Waals surface area contributed by atoms with Gasteiger partial charge in [0.1, 0.15) is 5.75 Å². The lowest BCUT2D eigenvalue weighted by Crippen LogP contribution is -2.19. The molecular formula is C14H9BrF3N3O4S. The lowest BCUT2D eigenvalue weighted by Gasteiger charge is -2.11. The number of nitrogens with one attached hydrogen (secondary N) is 1. The predicted molar refractivity (Wildman–Crippen MR) is 91.7 cm³/mol. The lowest BCUT2D eigenvalue weighted by molar-refractivity contribution is -0.274. The number of benzene rings is 1. The minimum Gasteiger partial charge on any atom is -0.466 e. The van der Waals surface area contributed by atoms with E-state index in [9.17, 15) is 22.8 Å². The number of hydrogen-bond acceptors (Lipinski definition) is 7. The second-order valence-corrected chi connectivity index (χ2v) is 6.32. The largest absolute Gasteiger partial charge is 0.573 e. The van der Waals surface area contributed by atoms with Gasteiger partial charge < -0.3 is 9.47 Å². The Morgan fingerprint density at radius 2 is 2.12 bits per heavy atom. The monoisotopic (exact) mass is 451 g/mol. The fourth-order valence-electron chi connectivity index (χ4n) is 1.64. The van der Waals surface area contributed by atoms with Crippen molar-refractivity contribution in [1.29, 1.82) is 0 Å². The van der Waals surface area contributed by atoms with E-state index in [-0.39, 0.29) is 15.6 Å². The molecule has 1 amide bonds. The van der Waals surface area contributed by atoms with Crippen LogP contribution in [0.25, 0.3) is 0 Å². The zero-order valence-electron chi connectivity index (χ0n) is 12.8. The summed E-state index contributed by atoms with van der Waals surface area (Å²) in [6.07, 6.45) is -2.85. The molecule has 138 valence electrons. The third kappa shape index (κ3) is 5.59. The molecule has 0 atom stereocenters. The van der Waals surface area contributed by atoms with Crippen LogP contribution in [0.2, 0.25) is 0 Å². The van der Waals surface area contributed by atoms with Crippen LogP contribution >= 0.6 is 27.7 Å². The van der Waals surface area contributed by atoms with Crippen molar-refractivity contribution in [3.8, 4) is 5.75 Å². The number of methoxy groups -OCH3 is 1. The Morgan fingerprint density at radius 3 is 2.77 bits per heavy atom. The first-order valence-corrected chi connectivity index (χ1v) is 8.24. The van der Waals surface area contributed by atoms with Crippen molar-refractivity contribution in [2.45, 2.75) is 6.36 Å². The van der Waals surface area contributed by atoms with Crippen LogP contribution < -0.4 is 10.1 Å². The number of hydrogen-bond donors (Lipinski definition) is 1. The van der Waals surface area contributed by atoms with Crippen LogP contribution in [-0.4, -0.2) is 36.7 Å². The van der Waals surface area contributed by atoms with Crippen molar-refractivity contribution >= 4 is 51.0 Å². The van der Waals surface area contributed by atoms with Crippen LogP contribution in [0.3, 0.4) is 0 Å². The molecule has 2 rings (SSSR count). The van der Waals surface area contributed by atoms with Crippen molar-refractivity contribution in [2.24, 2.45) is 10.2 Å². The highest BCUT2D eigenvalue weighted by atomic mass is 79.9. The molecule has 0 bridgehead atoms. The Morgan fingerprint density at radius 1 is 1.38 bits per heavy atom. The van der Waals surface area contributed by atoms with Crippen molar-refractivity contribution in [3.05, 3.63) is 39.2 Å². The van der Waals surface area contributed by atoms with Crippen LogP contribution in [0.5, 0.6) is 5.75 Å². The van der Waals surface area contributed by atoms with Crippen molar-refractivity contribution in [3.63, 3.8) is 0 Å². The van der Waals surface area contributed by atoms with Gasteiger partial charge in [-0.15, -0.1) is 18.3 Å². The average molecular weight is 452 g/mol. The van der Waals surface area contributed by atoms with E-state index in [1.54, 1.807) is 0 Å². The predicted octanol–water partition coefficient (Wildman–Crippen LogP) is 2.96. The van der Waals surface area contributed by atoms with Crippen LogP contribution in [0, 0.1) is 0 Å². The normalized spacial score (nSPS) is 17.8. The molecule has 0 aliphatic carbocycles. The topological polar surface area (TPSA) is 89.3 Å². The highest BCUT2D eigenvalue weighted by Gasteiger charge is 2.32. The van der Waals surface area contributed by atoms with Crippen molar-refractivity contribution in [1.82, 2.24) is 5.32 Å². The molecular weight excluding hydrogens is 443 g/mol. The molecule has 1 saturated heterocycles. The summed E-state index contributed by atoms with van der Waals surface area (Å²) < 4.78 is 45.9. The first-order valence-electron chi connectivity index (χ1n) is 6.63. The van der Waals surface area contributed by atoms with Gasteiger partial charge in [-0.1, -0.05) is 6.07 Å². The van der Waals surface area contributed by atoms with E-state index >= 15 is 0 Å². The first kappa shape index (κ1) is 20.0. The summed E-state index contributed by atoms with van der Waals surface area (Å²) >= 11 is 3.93. The fraction of sp³-hybridized carbons (Fsp3) is 0.143. The second-order valence-electron chi connectivity index (χ2n) is 4.44. The number of rotatable bonds is 4. The molecule has 1 aromatic carbocycles. The van der Waals surface area contributed by atoms with Gasteiger partial charge in [0, 0.05) is 10.5 Å². The van der Waals surface area contributed by atoms with Gasteiger partial charge in [-0.3, -0.25) is 10.1 Å². The minimum absolute atomic E-state index is 0.00817. The first-order chi connectivity index (χ1) is 12.2. The summed E-state index contributed by atoms with van der Waals surface area (Å²) in [5.41, 5.74) is 0.00817. The highest BCUT2D eigenvalue weighted by Crippen LogP contribution is 2.30. The number of thioether (sulfide) groups is 1. The van der Waals surface area contributed by atoms with Crippen molar-refractivity contribution < 1.29 is 32.2 Å². The summed E-state index contributed by atoms with van der Waals surface area (Å²) in [5.74, 6) is -1.75. The standard InChI is InChI=1S/C14H9BrF3N3O4S/c1-24-11(22)5-10-12(23)20-13(26-10)21-19-6-7-8(15)3-2-4-9(7)25-14(16,17)18/h2-6H,1H3,(H,20,21,23)/b10-5+,19-6?. The molecule has 0 aromatic heterocycles. The Hall–Kier alpha value is -2.34. The smallest absolute Gasteiger partial charge is 0.466 e. The molecule has 1 aliphatic heterocycles. The number of alkyl halides is 3. The van der Waals surface area contributed by atoms with E-state index < -0.39 is 24.0 Å². The van der Waals surface area contributed by atoms with E-state index in [4.69, 9.17) is 0 Å². The molecule has 7 nitrogen and oxygen atoms in total. The molecule has 0 saturated carbocycles. The lowest BCUT2D eigenvalue weighted by atomic mass is 10.2. The molecule has 0 spiro atoms. The number of carbonyl (C=O) groups is 2. The highest BCUT2D eigenvalue weighted by molar-refractivity contribution is 9.10. The SMILES string of the molecule is COC(=O)/C=C1/S/C(=N\N=Cc2c(Br)cccc2OC(F)(F)F)NC1=O. The number of amidine groups is 1. The molecule has 1 aromatic rings. The van der Waals surface area contributed by atoms with Gasteiger partial charge >= 0.3 is 12.3 Å². The van der Waals surface area contributed by atoms with Crippen molar-refractivity contribution in [2.75, 3.05) is 7.11 Å². The average Bonchev–Trinajstić information content (AvgIpc) is 2.88. The number of carbonyl (C=O) groups excluding carboxylic acids is 2. The Labute approximate surface area is 157 Å². The summed E-state index contributed by atoms with van der Waals surface area (Å²) in [5, 5.41) is 9.74. The molecule has 1 aliphatic rings. The summed E-state index contributed by atoms with van der Waals surface area (Å²) in [7, 11) is 1.16. The van der Waals surface area contributed by atoms with E-state index in [2.05, 4.69) is 40.9 Å².